The first-order chi connectivity index (χ1) is 13.5. The maximum Gasteiger partial charge on any atom is 0.282 e. The second kappa shape index (κ2) is 8.53. The minimum absolute atomic E-state index is 0.0687. The van der Waals surface area contributed by atoms with Crippen molar-refractivity contribution in [3.05, 3.63) is 0 Å². The summed E-state index contributed by atoms with van der Waals surface area (Å²) in [4.78, 5) is 12.5. The molecule has 4 saturated heterocycles. The smallest absolute Gasteiger partial charge is 0.282 e. The zero-order valence-corrected chi connectivity index (χ0v) is 17.1. The van der Waals surface area contributed by atoms with Gasteiger partial charge in [-0.25, -0.2) is 0 Å². The van der Waals surface area contributed by atoms with Crippen LogP contribution >= 0.6 is 0 Å². The van der Waals surface area contributed by atoms with E-state index >= 15 is 0 Å². The molecular weight excluding hydrogens is 386 g/mol. The van der Waals surface area contributed by atoms with E-state index in [9.17, 15) is 13.2 Å². The lowest BCUT2D eigenvalue weighted by Gasteiger charge is -2.40. The highest BCUT2D eigenvalue weighted by Gasteiger charge is 2.44. The first kappa shape index (κ1) is 20.5. The summed E-state index contributed by atoms with van der Waals surface area (Å²) < 4.78 is 46.1. The Kier molecular flexibility index (Phi) is 6.24. The molecule has 0 bridgehead atoms. The summed E-state index contributed by atoms with van der Waals surface area (Å²) in [6.45, 7) is 3.88. The molecule has 0 aromatic carbocycles. The summed E-state index contributed by atoms with van der Waals surface area (Å²) in [5.41, 5.74) is 0. The molecule has 0 aromatic heterocycles. The van der Waals surface area contributed by atoms with Gasteiger partial charge in [0.05, 0.1) is 25.2 Å². The zero-order valence-electron chi connectivity index (χ0n) is 16.3. The van der Waals surface area contributed by atoms with Gasteiger partial charge in [0, 0.05) is 52.2 Å². The van der Waals surface area contributed by atoms with Crippen LogP contribution in [0.1, 0.15) is 38.5 Å². The molecule has 1 spiro atoms. The molecule has 4 heterocycles. The second-order valence-electron chi connectivity index (χ2n) is 8.09. The minimum Gasteiger partial charge on any atom is -0.376 e. The third-order valence-electron chi connectivity index (χ3n) is 6.23. The average molecular weight is 418 g/mol. The fourth-order valence-corrected chi connectivity index (χ4v) is 6.24. The van der Waals surface area contributed by atoms with Gasteiger partial charge >= 0.3 is 0 Å². The van der Waals surface area contributed by atoms with E-state index in [-0.39, 0.29) is 24.5 Å². The van der Waals surface area contributed by atoms with Gasteiger partial charge in [-0.2, -0.15) is 17.0 Å². The van der Waals surface area contributed by atoms with Gasteiger partial charge in [0.1, 0.15) is 0 Å². The number of piperidine rings is 2. The van der Waals surface area contributed by atoms with E-state index in [1.54, 1.807) is 0 Å². The van der Waals surface area contributed by atoms with Crippen LogP contribution in [0.5, 0.6) is 0 Å². The van der Waals surface area contributed by atoms with Crippen molar-refractivity contribution in [3.63, 3.8) is 0 Å². The largest absolute Gasteiger partial charge is 0.376 e. The molecule has 0 aliphatic carbocycles. The van der Waals surface area contributed by atoms with E-state index in [0.29, 0.717) is 65.1 Å². The Morgan fingerprint density at radius 1 is 1.00 bits per heavy atom. The summed E-state index contributed by atoms with van der Waals surface area (Å²) in [6, 6.07) is 0. The Balaban J connectivity index is 1.30. The summed E-state index contributed by atoms with van der Waals surface area (Å²) in [5, 5.41) is 2.95. The minimum atomic E-state index is -3.58. The first-order valence-corrected chi connectivity index (χ1v) is 11.8. The lowest BCUT2D eigenvalue weighted by Crippen LogP contribution is -2.54. The highest BCUT2D eigenvalue weighted by molar-refractivity contribution is 7.86. The Morgan fingerprint density at radius 2 is 1.75 bits per heavy atom. The third-order valence-corrected chi connectivity index (χ3v) is 8.24. The molecular formula is C18H31N3O6S. The highest BCUT2D eigenvalue weighted by atomic mass is 32.2. The molecule has 0 radical (unpaired) electrons. The number of nitrogens with one attached hydrogen (secondary N) is 1. The van der Waals surface area contributed by atoms with Crippen molar-refractivity contribution in [3.8, 4) is 0 Å². The van der Waals surface area contributed by atoms with Gasteiger partial charge in [0.25, 0.3) is 10.2 Å². The number of carbonyl (C=O) groups excluding carboxylic acids is 1. The van der Waals surface area contributed by atoms with E-state index < -0.39 is 16.0 Å². The lowest BCUT2D eigenvalue weighted by atomic mass is 9.99. The highest BCUT2D eigenvalue weighted by Crippen LogP contribution is 2.33. The molecule has 0 unspecified atom stereocenters. The molecule has 4 fully saturated rings. The van der Waals surface area contributed by atoms with Crippen LogP contribution in [-0.2, 0) is 29.2 Å². The van der Waals surface area contributed by atoms with Crippen LogP contribution in [0.4, 0.5) is 0 Å². The molecule has 9 nitrogen and oxygen atoms in total. The van der Waals surface area contributed by atoms with Gasteiger partial charge in [0.15, 0.2) is 5.79 Å². The van der Waals surface area contributed by atoms with Gasteiger partial charge in [-0.05, 0) is 25.7 Å². The topological polar surface area (TPSA) is 97.4 Å². The van der Waals surface area contributed by atoms with Crippen LogP contribution in [-0.4, -0.2) is 87.4 Å². The Morgan fingerprint density at radius 3 is 2.43 bits per heavy atom. The number of nitrogens with zero attached hydrogens (tertiary/aromatic N) is 2. The molecule has 28 heavy (non-hydrogen) atoms. The van der Waals surface area contributed by atoms with E-state index in [4.69, 9.17) is 14.2 Å². The molecule has 2 atom stereocenters. The van der Waals surface area contributed by atoms with Crippen molar-refractivity contribution in [1.29, 1.82) is 0 Å². The van der Waals surface area contributed by atoms with Crippen LogP contribution in [0.15, 0.2) is 0 Å². The summed E-state index contributed by atoms with van der Waals surface area (Å²) in [6.07, 6.45) is 4.60. The first-order valence-electron chi connectivity index (χ1n) is 10.4. The van der Waals surface area contributed by atoms with Gasteiger partial charge in [0.2, 0.25) is 5.91 Å². The van der Waals surface area contributed by atoms with Crippen molar-refractivity contribution in [2.45, 2.75) is 50.4 Å². The fourth-order valence-electron chi connectivity index (χ4n) is 4.54. The molecule has 0 aromatic rings. The molecule has 4 aliphatic rings. The Bertz CT molecular complexity index is 650. The summed E-state index contributed by atoms with van der Waals surface area (Å²) in [5.74, 6) is -0.970. The number of rotatable bonds is 5. The number of ether oxygens (including phenoxy) is 3. The molecule has 0 saturated carbocycles. The maximum atomic E-state index is 13.1. The van der Waals surface area contributed by atoms with Crippen molar-refractivity contribution < 1.29 is 27.4 Å². The van der Waals surface area contributed by atoms with Crippen LogP contribution in [0, 0.1) is 5.92 Å². The normalized spacial score (nSPS) is 32.0. The van der Waals surface area contributed by atoms with Gasteiger partial charge in [-0.15, -0.1) is 0 Å². The van der Waals surface area contributed by atoms with Gasteiger partial charge in [-0.3, -0.25) is 4.79 Å². The van der Waals surface area contributed by atoms with Crippen LogP contribution in [0.25, 0.3) is 0 Å². The van der Waals surface area contributed by atoms with Gasteiger partial charge < -0.3 is 19.5 Å². The maximum absolute atomic E-state index is 13.1. The van der Waals surface area contributed by atoms with Crippen molar-refractivity contribution in [2.75, 3.05) is 52.5 Å². The van der Waals surface area contributed by atoms with Crippen molar-refractivity contribution in [1.82, 2.24) is 13.9 Å². The van der Waals surface area contributed by atoms with E-state index in [1.165, 1.54) is 8.61 Å². The molecule has 4 aliphatic heterocycles. The molecule has 1 N–H and O–H groups in total. The van der Waals surface area contributed by atoms with Crippen LogP contribution in [0.3, 0.4) is 0 Å². The van der Waals surface area contributed by atoms with Crippen LogP contribution in [0.2, 0.25) is 0 Å². The van der Waals surface area contributed by atoms with Crippen molar-refractivity contribution in [2.24, 2.45) is 5.92 Å². The van der Waals surface area contributed by atoms with Gasteiger partial charge in [-0.1, -0.05) is 0 Å². The monoisotopic (exact) mass is 417 g/mol. The predicted molar refractivity (Wildman–Crippen MR) is 101 cm³/mol. The van der Waals surface area contributed by atoms with Crippen LogP contribution < -0.4 is 5.32 Å². The molecule has 1 amide bonds. The summed E-state index contributed by atoms with van der Waals surface area (Å²) >= 11 is 0. The zero-order chi connectivity index (χ0) is 19.6. The molecule has 4 rings (SSSR count). The lowest BCUT2D eigenvalue weighted by molar-refractivity contribution is -0.179. The number of amides is 1. The number of carbonyl (C=O) groups is 1. The SMILES string of the molecule is O=C(NC[C@@H]1CCCO1)[C@@H]1CCCN(S(=O)(=O)N2CCC3(CC2)OCCO3)C1. The number of hydrogen-bond donors (Lipinski definition) is 1. The average Bonchev–Trinajstić information content (AvgIpc) is 3.39. The van der Waals surface area contributed by atoms with E-state index in [1.807, 2.05) is 0 Å². The standard InChI is InChI=1S/C18H31N3O6S/c22-17(19-13-16-4-2-10-25-16)15-3-1-7-21(14-15)28(23,24)20-8-5-18(6-9-20)26-11-12-27-18/h15-16H,1-14H2,(H,19,22)/t15-,16+/m1/s1. The molecule has 160 valence electrons. The van der Waals surface area contributed by atoms with Crippen molar-refractivity contribution >= 4 is 16.1 Å². The number of hydrogen-bond acceptors (Lipinski definition) is 6. The summed E-state index contributed by atoms with van der Waals surface area (Å²) in [7, 11) is -3.58. The third kappa shape index (κ3) is 4.36. The fraction of sp³-hybridized carbons (Fsp3) is 0.944. The van der Waals surface area contributed by atoms with E-state index in [0.717, 1.165) is 19.4 Å². The molecule has 10 heteroatoms. The predicted octanol–water partition coefficient (Wildman–Crippen LogP) is 0.0773. The Hall–Kier alpha value is -0.780. The quantitative estimate of drug-likeness (QED) is 0.680. The Labute approximate surface area is 166 Å². The second-order valence-corrected chi connectivity index (χ2v) is 10.0. The van der Waals surface area contributed by atoms with E-state index in [2.05, 4.69) is 5.32 Å².